The summed E-state index contributed by atoms with van der Waals surface area (Å²) in [5.41, 5.74) is 2.73. The van der Waals surface area contributed by atoms with Gasteiger partial charge in [-0.3, -0.25) is 9.48 Å². The van der Waals surface area contributed by atoms with Crippen molar-refractivity contribution in [2.45, 2.75) is 82.5 Å². The monoisotopic (exact) mass is 386 g/mol. The van der Waals surface area contributed by atoms with Gasteiger partial charge >= 0.3 is 0 Å². The number of nitrogens with zero attached hydrogens (tertiary/aromatic N) is 3. The zero-order chi connectivity index (χ0) is 19.1. The minimum Gasteiger partial charge on any atom is -0.370 e. The molecule has 1 aromatic rings. The number of hydrogen-bond acceptors (Lipinski definition) is 4. The lowest BCUT2D eigenvalue weighted by atomic mass is 9.82. The minimum atomic E-state index is -0.0618. The molecule has 1 aromatic heterocycles. The van der Waals surface area contributed by atoms with Crippen LogP contribution in [0.1, 0.15) is 79.5 Å². The van der Waals surface area contributed by atoms with E-state index in [1.807, 2.05) is 11.7 Å². The summed E-state index contributed by atoms with van der Waals surface area (Å²) in [6.07, 6.45) is 12.5. The Morgan fingerprint density at radius 1 is 1.18 bits per heavy atom. The largest absolute Gasteiger partial charge is 0.370 e. The summed E-state index contributed by atoms with van der Waals surface area (Å²) >= 11 is 0. The number of ether oxygens (including phenoxy) is 1. The number of carbonyl (C=O) groups excluding carboxylic acids is 1. The lowest BCUT2D eigenvalue weighted by molar-refractivity contribution is -0.109. The maximum Gasteiger partial charge on any atom is 0.272 e. The van der Waals surface area contributed by atoms with E-state index in [1.54, 1.807) is 0 Å². The first kappa shape index (κ1) is 18.6. The van der Waals surface area contributed by atoms with Gasteiger partial charge in [-0.1, -0.05) is 19.3 Å². The van der Waals surface area contributed by atoms with E-state index in [9.17, 15) is 4.79 Å². The van der Waals surface area contributed by atoms with Crippen molar-refractivity contribution in [3.05, 3.63) is 17.0 Å². The van der Waals surface area contributed by atoms with E-state index in [4.69, 9.17) is 4.74 Å². The molecule has 1 spiro atoms. The fraction of sp³-hybridized carbons (Fsp3) is 0.818. The van der Waals surface area contributed by atoms with Gasteiger partial charge in [-0.25, -0.2) is 0 Å². The predicted molar refractivity (Wildman–Crippen MR) is 107 cm³/mol. The highest BCUT2D eigenvalue weighted by Gasteiger charge is 2.42. The quantitative estimate of drug-likeness (QED) is 0.864. The van der Waals surface area contributed by atoms with Crippen molar-refractivity contribution in [3.63, 3.8) is 0 Å². The van der Waals surface area contributed by atoms with E-state index in [0.717, 1.165) is 50.5 Å². The fourth-order valence-corrected chi connectivity index (χ4v) is 5.45. The molecule has 3 fully saturated rings. The number of hydrogen-bond donors (Lipinski definition) is 1. The standard InChI is InChI=1S/C22H34N4O2/c1-25-19-13-22(9-11-26(12-10-22)17-5-3-2-4-6-17)28-15-18(19)20(24-25)21(27)23-14-16-7-8-16/h16-17H,2-15H2,1H3,(H,23,27). The van der Waals surface area contributed by atoms with Gasteiger partial charge in [-0.15, -0.1) is 0 Å². The van der Waals surface area contributed by atoms with Gasteiger partial charge in [0, 0.05) is 50.4 Å². The smallest absolute Gasteiger partial charge is 0.272 e. The molecule has 6 heteroatoms. The van der Waals surface area contributed by atoms with Crippen molar-refractivity contribution in [2.24, 2.45) is 13.0 Å². The molecule has 2 saturated carbocycles. The van der Waals surface area contributed by atoms with Crippen LogP contribution in [0.15, 0.2) is 0 Å². The molecule has 5 rings (SSSR count). The SMILES string of the molecule is Cn1nc(C(=O)NCC2CC2)c2c1CC1(CCN(C3CCCCC3)CC1)OC2. The lowest BCUT2D eigenvalue weighted by Crippen LogP contribution is -2.52. The summed E-state index contributed by atoms with van der Waals surface area (Å²) in [4.78, 5) is 15.3. The van der Waals surface area contributed by atoms with Gasteiger partial charge in [-0.05, 0) is 44.4 Å². The fourth-order valence-electron chi connectivity index (χ4n) is 5.45. The Labute approximate surface area is 168 Å². The van der Waals surface area contributed by atoms with E-state index in [0.29, 0.717) is 18.2 Å². The van der Waals surface area contributed by atoms with Crippen molar-refractivity contribution in [3.8, 4) is 0 Å². The first-order valence-corrected chi connectivity index (χ1v) is 11.3. The maximum atomic E-state index is 12.6. The van der Waals surface area contributed by atoms with Gasteiger partial charge in [0.15, 0.2) is 5.69 Å². The number of amides is 1. The first-order valence-electron chi connectivity index (χ1n) is 11.3. The third-order valence-electron chi connectivity index (χ3n) is 7.55. The van der Waals surface area contributed by atoms with Crippen LogP contribution in [0.5, 0.6) is 0 Å². The summed E-state index contributed by atoms with van der Waals surface area (Å²) in [7, 11) is 1.98. The van der Waals surface area contributed by atoms with Crippen LogP contribution in [0.3, 0.4) is 0 Å². The normalized spacial score (nSPS) is 25.6. The molecule has 0 radical (unpaired) electrons. The molecule has 0 bridgehead atoms. The maximum absolute atomic E-state index is 12.6. The average molecular weight is 387 g/mol. The second kappa shape index (κ2) is 7.45. The molecule has 3 heterocycles. The highest BCUT2D eigenvalue weighted by Crippen LogP contribution is 2.38. The van der Waals surface area contributed by atoms with Crippen molar-refractivity contribution in [1.29, 1.82) is 0 Å². The summed E-state index contributed by atoms with van der Waals surface area (Å²) in [6, 6.07) is 0.795. The number of nitrogens with one attached hydrogen (secondary N) is 1. The van der Waals surface area contributed by atoms with Gasteiger partial charge in [0.05, 0.1) is 12.2 Å². The van der Waals surface area contributed by atoms with E-state index in [2.05, 4.69) is 15.3 Å². The molecular formula is C22H34N4O2. The molecule has 0 atom stereocenters. The summed E-state index contributed by atoms with van der Waals surface area (Å²) in [5.74, 6) is 0.646. The molecule has 28 heavy (non-hydrogen) atoms. The van der Waals surface area contributed by atoms with Crippen molar-refractivity contribution < 1.29 is 9.53 Å². The molecule has 1 amide bonds. The van der Waals surface area contributed by atoms with Crippen molar-refractivity contribution >= 4 is 5.91 Å². The lowest BCUT2D eigenvalue weighted by Gasteiger charge is -2.46. The third-order valence-corrected chi connectivity index (χ3v) is 7.55. The molecular weight excluding hydrogens is 352 g/mol. The van der Waals surface area contributed by atoms with Gasteiger partial charge < -0.3 is 15.0 Å². The van der Waals surface area contributed by atoms with Crippen LogP contribution in [-0.2, 0) is 24.8 Å². The number of likely N-dealkylation sites (tertiary alicyclic amines) is 1. The van der Waals surface area contributed by atoms with E-state index >= 15 is 0 Å². The van der Waals surface area contributed by atoms with Crippen LogP contribution < -0.4 is 5.32 Å². The van der Waals surface area contributed by atoms with Gasteiger partial charge in [0.2, 0.25) is 0 Å². The van der Waals surface area contributed by atoms with Gasteiger partial charge in [0.25, 0.3) is 5.91 Å². The second-order valence-electron chi connectivity index (χ2n) is 9.53. The van der Waals surface area contributed by atoms with Crippen LogP contribution in [0.25, 0.3) is 0 Å². The zero-order valence-electron chi connectivity index (χ0n) is 17.2. The van der Waals surface area contributed by atoms with Crippen LogP contribution >= 0.6 is 0 Å². The van der Waals surface area contributed by atoms with E-state index in [-0.39, 0.29) is 11.5 Å². The number of piperidine rings is 1. The molecule has 1 saturated heterocycles. The molecule has 4 aliphatic rings. The Kier molecular flexibility index (Phi) is 4.95. The Morgan fingerprint density at radius 3 is 2.64 bits per heavy atom. The molecule has 1 N–H and O–H groups in total. The second-order valence-corrected chi connectivity index (χ2v) is 9.53. The summed E-state index contributed by atoms with van der Waals surface area (Å²) in [5, 5.41) is 7.63. The number of aryl methyl sites for hydroxylation is 1. The molecule has 154 valence electrons. The Morgan fingerprint density at radius 2 is 1.93 bits per heavy atom. The molecule has 6 nitrogen and oxygen atoms in total. The van der Waals surface area contributed by atoms with Crippen molar-refractivity contribution in [1.82, 2.24) is 20.0 Å². The van der Waals surface area contributed by atoms with Gasteiger partial charge in [0.1, 0.15) is 0 Å². The molecule has 2 aliphatic carbocycles. The predicted octanol–water partition coefficient (Wildman–Crippen LogP) is 2.80. The first-order chi connectivity index (χ1) is 13.6. The van der Waals surface area contributed by atoms with E-state index in [1.165, 1.54) is 50.6 Å². The molecule has 2 aliphatic heterocycles. The number of fused-ring (bicyclic) bond motifs is 1. The average Bonchev–Trinajstić information content (AvgIpc) is 3.51. The van der Waals surface area contributed by atoms with Crippen LogP contribution in [0, 0.1) is 5.92 Å². The Balaban J connectivity index is 1.24. The summed E-state index contributed by atoms with van der Waals surface area (Å²) in [6.45, 7) is 3.60. The number of rotatable bonds is 4. The van der Waals surface area contributed by atoms with Crippen LogP contribution in [0.2, 0.25) is 0 Å². The minimum absolute atomic E-state index is 0.0320. The zero-order valence-corrected chi connectivity index (χ0v) is 17.2. The summed E-state index contributed by atoms with van der Waals surface area (Å²) < 4.78 is 8.38. The Hall–Kier alpha value is -1.40. The topological polar surface area (TPSA) is 59.4 Å². The van der Waals surface area contributed by atoms with Gasteiger partial charge in [-0.2, -0.15) is 5.10 Å². The van der Waals surface area contributed by atoms with E-state index < -0.39 is 0 Å². The number of carbonyl (C=O) groups is 1. The van der Waals surface area contributed by atoms with Crippen molar-refractivity contribution in [2.75, 3.05) is 19.6 Å². The third kappa shape index (κ3) is 3.61. The molecule has 0 unspecified atom stereocenters. The number of aromatic nitrogens is 2. The molecule has 0 aromatic carbocycles. The highest BCUT2D eigenvalue weighted by atomic mass is 16.5. The Bertz CT molecular complexity index is 725. The highest BCUT2D eigenvalue weighted by molar-refractivity contribution is 5.94. The van der Waals surface area contributed by atoms with Crippen LogP contribution in [0.4, 0.5) is 0 Å². The van der Waals surface area contributed by atoms with Crippen LogP contribution in [-0.4, -0.2) is 51.9 Å².